The summed E-state index contributed by atoms with van der Waals surface area (Å²) < 4.78 is 5.68. The van der Waals surface area contributed by atoms with E-state index >= 15 is 0 Å². The molecule has 2 saturated carbocycles. The van der Waals surface area contributed by atoms with Crippen molar-refractivity contribution in [3.05, 3.63) is 11.6 Å². The molecule has 0 aromatic rings. The normalized spacial score (nSPS) is 47.6. The number of ether oxygens (including phenoxy) is 1. The van der Waals surface area contributed by atoms with Crippen LogP contribution in [0.4, 0.5) is 0 Å². The predicted molar refractivity (Wildman–Crippen MR) is 66.4 cm³/mol. The summed E-state index contributed by atoms with van der Waals surface area (Å²) in [6.45, 7) is 6.08. The summed E-state index contributed by atoms with van der Waals surface area (Å²) in [7, 11) is 0. The minimum Gasteiger partial charge on any atom is -0.462 e. The Morgan fingerprint density at radius 2 is 2.29 bits per heavy atom. The Bertz CT molecular complexity index is 384. The van der Waals surface area contributed by atoms with Gasteiger partial charge in [-0.1, -0.05) is 18.6 Å². The second-order valence-corrected chi connectivity index (χ2v) is 6.39. The first-order valence-electron chi connectivity index (χ1n) is 6.87. The van der Waals surface area contributed by atoms with Gasteiger partial charge in [0.1, 0.15) is 6.10 Å². The van der Waals surface area contributed by atoms with E-state index in [-0.39, 0.29) is 17.5 Å². The number of hydrogen-bond donors (Lipinski definition) is 0. The van der Waals surface area contributed by atoms with Gasteiger partial charge < -0.3 is 4.74 Å². The van der Waals surface area contributed by atoms with Gasteiger partial charge in [-0.3, -0.25) is 4.79 Å². The highest BCUT2D eigenvalue weighted by atomic mass is 16.5. The van der Waals surface area contributed by atoms with Crippen LogP contribution in [0, 0.1) is 23.2 Å². The molecule has 0 saturated heterocycles. The molecule has 0 N–H and O–H groups in total. The molecule has 0 aliphatic heterocycles. The zero-order valence-corrected chi connectivity index (χ0v) is 11.0. The van der Waals surface area contributed by atoms with Crippen molar-refractivity contribution in [1.82, 2.24) is 0 Å². The molecule has 3 rings (SSSR count). The predicted octanol–water partition coefficient (Wildman–Crippen LogP) is 3.32. The van der Waals surface area contributed by atoms with E-state index in [9.17, 15) is 4.79 Å². The summed E-state index contributed by atoms with van der Waals surface area (Å²) in [6.07, 6.45) is 7.51. The van der Waals surface area contributed by atoms with Crippen molar-refractivity contribution < 1.29 is 9.53 Å². The standard InChI is InChI=1S/C15H22O2/c1-9-4-6-15-7-5-12(13(15)8-9)10(2)14(15)17-11(3)16/h4,10,12-14H,5-8H2,1-3H3/t10-,12+,13+,14+,15-/m0/s1. The second-order valence-electron chi connectivity index (χ2n) is 6.39. The van der Waals surface area contributed by atoms with Crippen LogP contribution in [0.3, 0.4) is 0 Å². The van der Waals surface area contributed by atoms with Crippen LogP contribution in [0.1, 0.15) is 46.5 Å². The second kappa shape index (κ2) is 3.60. The highest BCUT2D eigenvalue weighted by Crippen LogP contribution is 2.66. The molecule has 2 bridgehead atoms. The lowest BCUT2D eigenvalue weighted by Gasteiger charge is -2.40. The van der Waals surface area contributed by atoms with Gasteiger partial charge in [0.25, 0.3) is 0 Å². The van der Waals surface area contributed by atoms with Crippen LogP contribution in [0.25, 0.3) is 0 Å². The molecule has 17 heavy (non-hydrogen) atoms. The molecule has 3 aliphatic carbocycles. The maximum atomic E-state index is 11.3. The van der Waals surface area contributed by atoms with Gasteiger partial charge >= 0.3 is 5.97 Å². The lowest BCUT2D eigenvalue weighted by molar-refractivity contribution is -0.157. The smallest absolute Gasteiger partial charge is 0.302 e. The minimum atomic E-state index is -0.103. The first kappa shape index (κ1) is 11.3. The van der Waals surface area contributed by atoms with Crippen molar-refractivity contribution in [2.75, 3.05) is 0 Å². The van der Waals surface area contributed by atoms with E-state index < -0.39 is 0 Å². The Morgan fingerprint density at radius 1 is 1.53 bits per heavy atom. The Labute approximate surface area is 103 Å². The van der Waals surface area contributed by atoms with Crippen LogP contribution < -0.4 is 0 Å². The SMILES string of the molecule is CC(=O)O[C@@H]1[C@@H](C)[C@H]2CC[C@]13CC=C(C)C[C@H]23. The molecule has 0 radical (unpaired) electrons. The number of rotatable bonds is 1. The van der Waals surface area contributed by atoms with Gasteiger partial charge in [-0.05, 0) is 50.4 Å². The van der Waals surface area contributed by atoms with Crippen LogP contribution in [-0.4, -0.2) is 12.1 Å². The number of carbonyl (C=O) groups excluding carboxylic acids is 1. The van der Waals surface area contributed by atoms with Gasteiger partial charge in [-0.25, -0.2) is 0 Å². The monoisotopic (exact) mass is 234 g/mol. The number of esters is 1. The van der Waals surface area contributed by atoms with Crippen molar-refractivity contribution in [3.63, 3.8) is 0 Å². The average Bonchev–Trinajstić information content (AvgIpc) is 2.72. The molecule has 0 spiro atoms. The minimum absolute atomic E-state index is 0.103. The molecular weight excluding hydrogens is 212 g/mol. The third-order valence-electron chi connectivity index (χ3n) is 5.58. The van der Waals surface area contributed by atoms with Gasteiger partial charge in [-0.2, -0.15) is 0 Å². The zero-order chi connectivity index (χ0) is 12.2. The molecule has 0 aromatic carbocycles. The zero-order valence-electron chi connectivity index (χ0n) is 11.0. The average molecular weight is 234 g/mol. The lowest BCUT2D eigenvalue weighted by atomic mass is 9.68. The van der Waals surface area contributed by atoms with E-state index in [4.69, 9.17) is 4.74 Å². The fraction of sp³-hybridized carbons (Fsp3) is 0.800. The van der Waals surface area contributed by atoms with Crippen molar-refractivity contribution in [2.24, 2.45) is 23.2 Å². The van der Waals surface area contributed by atoms with E-state index in [2.05, 4.69) is 19.9 Å². The van der Waals surface area contributed by atoms with Crippen molar-refractivity contribution in [1.29, 1.82) is 0 Å². The molecule has 0 amide bonds. The molecule has 94 valence electrons. The summed E-state index contributed by atoms with van der Waals surface area (Å²) in [5, 5.41) is 0. The van der Waals surface area contributed by atoms with E-state index in [0.29, 0.717) is 5.92 Å². The lowest BCUT2D eigenvalue weighted by Crippen LogP contribution is -2.41. The summed E-state index contributed by atoms with van der Waals surface area (Å²) >= 11 is 0. The molecule has 0 aromatic heterocycles. The summed E-state index contributed by atoms with van der Waals surface area (Å²) in [4.78, 5) is 11.3. The number of allylic oxidation sites excluding steroid dienone is 2. The molecule has 2 fully saturated rings. The molecule has 2 heteroatoms. The summed E-state index contributed by atoms with van der Waals surface area (Å²) in [5.41, 5.74) is 1.82. The van der Waals surface area contributed by atoms with Crippen molar-refractivity contribution in [3.8, 4) is 0 Å². The number of hydrogen-bond acceptors (Lipinski definition) is 2. The Balaban J connectivity index is 1.95. The highest BCUT2D eigenvalue weighted by Gasteiger charge is 2.64. The molecule has 3 aliphatic rings. The summed E-state index contributed by atoms with van der Waals surface area (Å²) in [6, 6.07) is 0. The van der Waals surface area contributed by atoms with Crippen LogP contribution in [0.5, 0.6) is 0 Å². The largest absolute Gasteiger partial charge is 0.462 e. The first-order chi connectivity index (χ1) is 8.04. The first-order valence-corrected chi connectivity index (χ1v) is 6.87. The quantitative estimate of drug-likeness (QED) is 0.514. The Morgan fingerprint density at radius 3 is 3.00 bits per heavy atom. The number of carbonyl (C=O) groups is 1. The van der Waals surface area contributed by atoms with Gasteiger partial charge in [-0.15, -0.1) is 0 Å². The highest BCUT2D eigenvalue weighted by molar-refractivity contribution is 5.66. The van der Waals surface area contributed by atoms with Crippen molar-refractivity contribution in [2.45, 2.75) is 52.6 Å². The van der Waals surface area contributed by atoms with Crippen LogP contribution in [0.2, 0.25) is 0 Å². The van der Waals surface area contributed by atoms with Crippen LogP contribution in [0.15, 0.2) is 11.6 Å². The topological polar surface area (TPSA) is 26.3 Å². The molecule has 5 atom stereocenters. The third-order valence-corrected chi connectivity index (χ3v) is 5.58. The van der Waals surface area contributed by atoms with Gasteiger partial charge in [0.15, 0.2) is 0 Å². The Kier molecular flexibility index (Phi) is 2.39. The molecule has 0 heterocycles. The van der Waals surface area contributed by atoms with E-state index in [1.807, 2.05) is 0 Å². The van der Waals surface area contributed by atoms with E-state index in [1.165, 1.54) is 24.8 Å². The molecular formula is C15H22O2. The fourth-order valence-corrected chi connectivity index (χ4v) is 4.90. The third kappa shape index (κ3) is 1.42. The van der Waals surface area contributed by atoms with Gasteiger partial charge in [0.05, 0.1) is 0 Å². The van der Waals surface area contributed by atoms with Gasteiger partial charge in [0, 0.05) is 12.3 Å². The maximum Gasteiger partial charge on any atom is 0.302 e. The fourth-order valence-electron chi connectivity index (χ4n) is 4.90. The van der Waals surface area contributed by atoms with Crippen LogP contribution in [-0.2, 0) is 9.53 Å². The molecule has 2 nitrogen and oxygen atoms in total. The molecule has 0 unspecified atom stereocenters. The Hall–Kier alpha value is -0.790. The van der Waals surface area contributed by atoms with E-state index in [0.717, 1.165) is 18.3 Å². The van der Waals surface area contributed by atoms with Gasteiger partial charge in [0.2, 0.25) is 0 Å². The van der Waals surface area contributed by atoms with Crippen molar-refractivity contribution >= 4 is 5.97 Å². The maximum absolute atomic E-state index is 11.3. The van der Waals surface area contributed by atoms with Crippen LogP contribution >= 0.6 is 0 Å². The summed E-state index contributed by atoms with van der Waals surface area (Å²) in [5.74, 6) is 2.00. The van der Waals surface area contributed by atoms with E-state index in [1.54, 1.807) is 6.92 Å².